The molecular weight excluding hydrogens is 316 g/mol. The number of amides is 2. The van der Waals surface area contributed by atoms with E-state index in [0.717, 1.165) is 24.2 Å². The SMILES string of the molecule is CC(=O)N1CCc2ncn(C(C)C)c2[C@@H]1C(=O)NC1CCCCCC1. The molecule has 1 atom stereocenters. The molecule has 0 saturated heterocycles. The molecule has 138 valence electrons. The molecule has 0 unspecified atom stereocenters. The second-order valence-electron chi connectivity index (χ2n) is 7.64. The highest BCUT2D eigenvalue weighted by Gasteiger charge is 2.38. The topological polar surface area (TPSA) is 67.2 Å². The number of hydrogen-bond acceptors (Lipinski definition) is 3. The Balaban J connectivity index is 1.88. The molecule has 0 bridgehead atoms. The van der Waals surface area contributed by atoms with Crippen molar-refractivity contribution in [3.63, 3.8) is 0 Å². The van der Waals surface area contributed by atoms with Gasteiger partial charge < -0.3 is 14.8 Å². The van der Waals surface area contributed by atoms with E-state index in [1.165, 1.54) is 25.7 Å². The van der Waals surface area contributed by atoms with Crippen LogP contribution in [-0.2, 0) is 16.0 Å². The quantitative estimate of drug-likeness (QED) is 0.856. The zero-order valence-electron chi connectivity index (χ0n) is 15.6. The van der Waals surface area contributed by atoms with Crippen LogP contribution in [0.2, 0.25) is 0 Å². The first-order valence-electron chi connectivity index (χ1n) is 9.62. The summed E-state index contributed by atoms with van der Waals surface area (Å²) in [6, 6.07) is -0.129. The molecule has 0 spiro atoms. The standard InChI is InChI=1S/C19H30N4O2/c1-13(2)23-12-20-16-10-11-22(14(3)24)18(17(16)23)19(25)21-15-8-6-4-5-7-9-15/h12-13,15,18H,4-11H2,1-3H3,(H,21,25)/t18-/m1/s1. The van der Waals surface area contributed by atoms with Crippen molar-refractivity contribution in [2.45, 2.75) is 83.8 Å². The molecule has 1 aromatic heterocycles. The first-order chi connectivity index (χ1) is 12.0. The largest absolute Gasteiger partial charge is 0.351 e. The van der Waals surface area contributed by atoms with Crippen molar-refractivity contribution in [2.75, 3.05) is 6.54 Å². The molecule has 1 saturated carbocycles. The van der Waals surface area contributed by atoms with E-state index in [0.29, 0.717) is 13.0 Å². The molecule has 2 aliphatic rings. The van der Waals surface area contributed by atoms with Crippen LogP contribution in [0.15, 0.2) is 6.33 Å². The number of fused-ring (bicyclic) bond motifs is 1. The van der Waals surface area contributed by atoms with Gasteiger partial charge in [-0.3, -0.25) is 9.59 Å². The molecule has 1 N–H and O–H groups in total. The van der Waals surface area contributed by atoms with Gasteiger partial charge in [0, 0.05) is 32.0 Å². The van der Waals surface area contributed by atoms with Crippen LogP contribution in [0.3, 0.4) is 0 Å². The monoisotopic (exact) mass is 346 g/mol. The Hall–Kier alpha value is -1.85. The van der Waals surface area contributed by atoms with Gasteiger partial charge in [-0.1, -0.05) is 25.7 Å². The molecular formula is C19H30N4O2. The number of carbonyl (C=O) groups excluding carboxylic acids is 2. The third-order valence-corrected chi connectivity index (χ3v) is 5.48. The van der Waals surface area contributed by atoms with Crippen LogP contribution >= 0.6 is 0 Å². The second-order valence-corrected chi connectivity index (χ2v) is 7.64. The summed E-state index contributed by atoms with van der Waals surface area (Å²) in [5.74, 6) is -0.103. The Morgan fingerprint density at radius 3 is 2.48 bits per heavy atom. The van der Waals surface area contributed by atoms with Gasteiger partial charge in [0.05, 0.1) is 17.7 Å². The number of nitrogens with one attached hydrogen (secondary N) is 1. The maximum Gasteiger partial charge on any atom is 0.249 e. The van der Waals surface area contributed by atoms with E-state index in [1.54, 1.807) is 11.8 Å². The predicted molar refractivity (Wildman–Crippen MR) is 96.1 cm³/mol. The number of nitrogens with zero attached hydrogens (tertiary/aromatic N) is 3. The van der Waals surface area contributed by atoms with Crippen molar-refractivity contribution in [3.05, 3.63) is 17.7 Å². The van der Waals surface area contributed by atoms with E-state index >= 15 is 0 Å². The van der Waals surface area contributed by atoms with Crippen LogP contribution in [0, 0.1) is 0 Å². The number of hydrogen-bond donors (Lipinski definition) is 1. The normalized spacial score (nSPS) is 21.8. The minimum Gasteiger partial charge on any atom is -0.351 e. The molecule has 1 fully saturated rings. The summed E-state index contributed by atoms with van der Waals surface area (Å²) in [7, 11) is 0. The minimum atomic E-state index is -0.561. The summed E-state index contributed by atoms with van der Waals surface area (Å²) in [6.45, 7) is 6.26. The lowest BCUT2D eigenvalue weighted by atomic mass is 9.99. The van der Waals surface area contributed by atoms with Gasteiger partial charge in [0.1, 0.15) is 0 Å². The number of imidazole rings is 1. The Morgan fingerprint density at radius 1 is 1.20 bits per heavy atom. The van der Waals surface area contributed by atoms with E-state index in [-0.39, 0.29) is 23.9 Å². The molecule has 1 aliphatic heterocycles. The Kier molecular flexibility index (Phi) is 5.45. The molecule has 0 radical (unpaired) electrons. The van der Waals surface area contributed by atoms with Crippen molar-refractivity contribution in [3.8, 4) is 0 Å². The summed E-state index contributed by atoms with van der Waals surface area (Å²) in [4.78, 5) is 31.6. The molecule has 1 aromatic rings. The van der Waals surface area contributed by atoms with Gasteiger partial charge in [0.15, 0.2) is 6.04 Å². The fourth-order valence-corrected chi connectivity index (χ4v) is 4.12. The van der Waals surface area contributed by atoms with E-state index in [1.807, 2.05) is 10.9 Å². The van der Waals surface area contributed by atoms with Crippen molar-refractivity contribution < 1.29 is 9.59 Å². The highest BCUT2D eigenvalue weighted by molar-refractivity contribution is 5.88. The number of aromatic nitrogens is 2. The highest BCUT2D eigenvalue weighted by atomic mass is 16.2. The summed E-state index contributed by atoms with van der Waals surface area (Å²) < 4.78 is 2.04. The zero-order valence-corrected chi connectivity index (χ0v) is 15.6. The lowest BCUT2D eigenvalue weighted by molar-refractivity contribution is -0.140. The van der Waals surface area contributed by atoms with Gasteiger partial charge in [-0.15, -0.1) is 0 Å². The van der Waals surface area contributed by atoms with Crippen LogP contribution in [0.4, 0.5) is 0 Å². The van der Waals surface area contributed by atoms with Crippen LogP contribution < -0.4 is 5.32 Å². The second kappa shape index (κ2) is 7.58. The van der Waals surface area contributed by atoms with Crippen LogP contribution in [0.25, 0.3) is 0 Å². The number of rotatable bonds is 3. The zero-order chi connectivity index (χ0) is 18.0. The summed E-state index contributed by atoms with van der Waals surface area (Å²) in [5, 5.41) is 3.24. The Morgan fingerprint density at radius 2 is 1.88 bits per heavy atom. The molecule has 2 amide bonds. The lowest BCUT2D eigenvalue weighted by Gasteiger charge is -2.36. The van der Waals surface area contributed by atoms with Gasteiger partial charge >= 0.3 is 0 Å². The van der Waals surface area contributed by atoms with Gasteiger partial charge in [-0.2, -0.15) is 0 Å². The van der Waals surface area contributed by atoms with Crippen molar-refractivity contribution >= 4 is 11.8 Å². The fourth-order valence-electron chi connectivity index (χ4n) is 4.12. The summed E-state index contributed by atoms with van der Waals surface area (Å²) in [6.07, 6.45) is 9.43. The van der Waals surface area contributed by atoms with Crippen molar-refractivity contribution in [1.29, 1.82) is 0 Å². The molecule has 2 heterocycles. The van der Waals surface area contributed by atoms with Crippen LogP contribution in [0.5, 0.6) is 0 Å². The number of carbonyl (C=O) groups is 2. The Bertz CT molecular complexity index is 629. The average Bonchev–Trinajstić information content (AvgIpc) is 2.84. The fraction of sp³-hybridized carbons (Fsp3) is 0.737. The van der Waals surface area contributed by atoms with E-state index < -0.39 is 6.04 Å². The van der Waals surface area contributed by atoms with E-state index in [4.69, 9.17) is 0 Å². The van der Waals surface area contributed by atoms with Crippen LogP contribution in [-0.4, -0.2) is 38.9 Å². The van der Waals surface area contributed by atoms with Crippen molar-refractivity contribution in [2.24, 2.45) is 0 Å². The first-order valence-corrected chi connectivity index (χ1v) is 9.62. The summed E-state index contributed by atoms with van der Waals surface area (Å²) in [5.41, 5.74) is 1.84. The van der Waals surface area contributed by atoms with Gasteiger partial charge in [0.2, 0.25) is 11.8 Å². The summed E-state index contributed by atoms with van der Waals surface area (Å²) >= 11 is 0. The van der Waals surface area contributed by atoms with E-state index in [2.05, 4.69) is 24.1 Å². The third kappa shape index (κ3) is 3.72. The molecule has 6 nitrogen and oxygen atoms in total. The molecule has 3 rings (SSSR count). The van der Waals surface area contributed by atoms with Gasteiger partial charge in [0.25, 0.3) is 0 Å². The smallest absolute Gasteiger partial charge is 0.249 e. The maximum atomic E-state index is 13.2. The first kappa shape index (κ1) is 18.0. The Labute approximate surface area is 150 Å². The molecule has 25 heavy (non-hydrogen) atoms. The highest BCUT2D eigenvalue weighted by Crippen LogP contribution is 2.32. The van der Waals surface area contributed by atoms with Crippen LogP contribution in [0.1, 0.15) is 82.8 Å². The average molecular weight is 346 g/mol. The van der Waals surface area contributed by atoms with E-state index in [9.17, 15) is 9.59 Å². The van der Waals surface area contributed by atoms with Crippen molar-refractivity contribution in [1.82, 2.24) is 19.8 Å². The third-order valence-electron chi connectivity index (χ3n) is 5.48. The molecule has 6 heteroatoms. The predicted octanol–water partition coefficient (Wildman–Crippen LogP) is 2.75. The maximum absolute atomic E-state index is 13.2. The lowest BCUT2D eigenvalue weighted by Crippen LogP contribution is -2.49. The van der Waals surface area contributed by atoms with Gasteiger partial charge in [-0.05, 0) is 26.7 Å². The molecule has 1 aliphatic carbocycles. The minimum absolute atomic E-state index is 0.0505. The van der Waals surface area contributed by atoms with Gasteiger partial charge in [-0.25, -0.2) is 4.98 Å². The molecule has 0 aromatic carbocycles.